The van der Waals surface area contributed by atoms with E-state index >= 15 is 0 Å². The lowest BCUT2D eigenvalue weighted by atomic mass is 9.96. The Hall–Kier alpha value is -2.63. The van der Waals surface area contributed by atoms with Crippen LogP contribution in [-0.4, -0.2) is 32.8 Å². The summed E-state index contributed by atoms with van der Waals surface area (Å²) in [5.41, 5.74) is 2.10. The lowest BCUT2D eigenvalue weighted by molar-refractivity contribution is 0.469. The molecule has 1 unspecified atom stereocenters. The van der Waals surface area contributed by atoms with Gasteiger partial charge in [0.2, 0.25) is 0 Å². The van der Waals surface area contributed by atoms with Crippen LogP contribution in [0.15, 0.2) is 35.1 Å². The summed E-state index contributed by atoms with van der Waals surface area (Å²) in [6.45, 7) is 6.58. The lowest BCUT2D eigenvalue weighted by Crippen LogP contribution is -2.36. The second-order valence-corrected chi connectivity index (χ2v) is 6.74. The van der Waals surface area contributed by atoms with Crippen molar-refractivity contribution in [3.8, 4) is 0 Å². The maximum Gasteiger partial charge on any atom is 0.343 e. The smallest absolute Gasteiger partial charge is 0.343 e. The van der Waals surface area contributed by atoms with Gasteiger partial charge >= 0.3 is 5.69 Å². The summed E-state index contributed by atoms with van der Waals surface area (Å²) < 4.78 is 1.74. The van der Waals surface area contributed by atoms with Crippen LogP contribution in [0, 0.1) is 6.92 Å². The Morgan fingerprint density at radius 3 is 3.00 bits per heavy atom. The van der Waals surface area contributed by atoms with Gasteiger partial charge in [-0.1, -0.05) is 18.2 Å². The van der Waals surface area contributed by atoms with E-state index in [0.717, 1.165) is 43.1 Å². The standard InChI is InChI=1S/C19H23N5O/c1-3-24-18(21-22-19(24)25)15-8-6-10-23(12-15)17-13(2)11-14-7-4-5-9-16(14)20-17/h4-5,7,9,11,15H,3,6,8,10,12H2,1-2H3,(H,22,25). The predicted octanol–water partition coefficient (Wildman–Crippen LogP) is 2.83. The van der Waals surface area contributed by atoms with Crippen LogP contribution >= 0.6 is 0 Å². The highest BCUT2D eigenvalue weighted by atomic mass is 16.1. The van der Waals surface area contributed by atoms with E-state index in [2.05, 4.69) is 40.2 Å². The molecule has 4 rings (SSSR count). The Balaban J connectivity index is 1.67. The highest BCUT2D eigenvalue weighted by Crippen LogP contribution is 2.30. The number of fused-ring (bicyclic) bond motifs is 1. The van der Waals surface area contributed by atoms with Crippen LogP contribution in [0.2, 0.25) is 0 Å². The van der Waals surface area contributed by atoms with Gasteiger partial charge in [0, 0.05) is 30.9 Å². The number of piperidine rings is 1. The number of nitrogens with zero attached hydrogens (tertiary/aromatic N) is 4. The maximum atomic E-state index is 11.9. The van der Waals surface area contributed by atoms with Crippen molar-refractivity contribution in [2.24, 2.45) is 0 Å². The number of nitrogens with one attached hydrogen (secondary N) is 1. The fourth-order valence-corrected chi connectivity index (χ4v) is 3.86. The number of hydrogen-bond donors (Lipinski definition) is 1. The Labute approximate surface area is 146 Å². The van der Waals surface area contributed by atoms with Crippen molar-refractivity contribution in [2.75, 3.05) is 18.0 Å². The van der Waals surface area contributed by atoms with E-state index < -0.39 is 0 Å². The van der Waals surface area contributed by atoms with E-state index in [1.54, 1.807) is 4.57 Å². The number of rotatable bonds is 3. The zero-order valence-corrected chi connectivity index (χ0v) is 14.7. The molecule has 0 bridgehead atoms. The van der Waals surface area contributed by atoms with Gasteiger partial charge in [-0.15, -0.1) is 0 Å². The Bertz CT molecular complexity index is 958. The molecule has 1 fully saturated rings. The molecule has 6 nitrogen and oxygen atoms in total. The van der Waals surface area contributed by atoms with Crippen LogP contribution in [-0.2, 0) is 6.54 Å². The first-order valence-electron chi connectivity index (χ1n) is 8.94. The van der Waals surface area contributed by atoms with Gasteiger partial charge < -0.3 is 4.90 Å². The van der Waals surface area contributed by atoms with Gasteiger partial charge in [0.1, 0.15) is 11.6 Å². The van der Waals surface area contributed by atoms with Crippen molar-refractivity contribution < 1.29 is 0 Å². The van der Waals surface area contributed by atoms with E-state index in [4.69, 9.17) is 4.98 Å². The normalized spacial score (nSPS) is 18.0. The molecule has 0 radical (unpaired) electrons. The Morgan fingerprint density at radius 2 is 2.16 bits per heavy atom. The number of hydrogen-bond acceptors (Lipinski definition) is 4. The average Bonchev–Trinajstić information content (AvgIpc) is 3.02. The number of aryl methyl sites for hydroxylation is 1. The third kappa shape index (κ3) is 2.81. The summed E-state index contributed by atoms with van der Waals surface area (Å²) in [6, 6.07) is 10.4. The van der Waals surface area contributed by atoms with Gasteiger partial charge in [-0.05, 0) is 44.4 Å². The second-order valence-electron chi connectivity index (χ2n) is 6.74. The van der Waals surface area contributed by atoms with Gasteiger partial charge in [-0.3, -0.25) is 4.57 Å². The number of benzene rings is 1. The minimum absolute atomic E-state index is 0.116. The molecule has 6 heteroatoms. The molecule has 130 valence electrons. The molecular formula is C19H23N5O. The first-order chi connectivity index (χ1) is 12.2. The topological polar surface area (TPSA) is 66.8 Å². The third-order valence-corrected chi connectivity index (χ3v) is 5.08. The summed E-state index contributed by atoms with van der Waals surface area (Å²) in [7, 11) is 0. The van der Waals surface area contributed by atoms with E-state index in [1.165, 1.54) is 10.9 Å². The van der Waals surface area contributed by atoms with E-state index in [0.29, 0.717) is 6.54 Å². The summed E-state index contributed by atoms with van der Waals surface area (Å²) in [5.74, 6) is 2.17. The van der Waals surface area contributed by atoms with Crippen LogP contribution in [0.25, 0.3) is 10.9 Å². The molecule has 1 aromatic carbocycles. The fourth-order valence-electron chi connectivity index (χ4n) is 3.86. The number of aromatic amines is 1. The zero-order valence-electron chi connectivity index (χ0n) is 14.7. The van der Waals surface area contributed by atoms with Gasteiger partial charge in [-0.2, -0.15) is 5.10 Å². The zero-order chi connectivity index (χ0) is 17.4. The molecule has 25 heavy (non-hydrogen) atoms. The van der Waals surface area contributed by atoms with Crippen molar-refractivity contribution in [3.05, 3.63) is 52.2 Å². The van der Waals surface area contributed by atoms with Crippen LogP contribution in [0.4, 0.5) is 5.82 Å². The van der Waals surface area contributed by atoms with E-state index in [1.807, 2.05) is 19.1 Å². The maximum absolute atomic E-state index is 11.9. The van der Waals surface area contributed by atoms with Gasteiger partial charge in [-0.25, -0.2) is 14.9 Å². The molecule has 1 atom stereocenters. The third-order valence-electron chi connectivity index (χ3n) is 5.08. The molecule has 1 saturated heterocycles. The highest BCUT2D eigenvalue weighted by Gasteiger charge is 2.27. The van der Waals surface area contributed by atoms with Crippen LogP contribution < -0.4 is 10.6 Å². The molecule has 2 aromatic heterocycles. The van der Waals surface area contributed by atoms with Crippen molar-refractivity contribution in [1.82, 2.24) is 19.7 Å². The summed E-state index contributed by atoms with van der Waals surface area (Å²) >= 11 is 0. The Morgan fingerprint density at radius 1 is 1.32 bits per heavy atom. The summed E-state index contributed by atoms with van der Waals surface area (Å²) in [5, 5.41) is 8.06. The molecule has 0 saturated carbocycles. The molecule has 0 spiro atoms. The SMILES string of the molecule is CCn1c(C2CCCN(c3nc4ccccc4cc3C)C2)n[nH]c1=O. The minimum Gasteiger partial charge on any atom is -0.356 e. The molecule has 1 N–H and O–H groups in total. The van der Waals surface area contributed by atoms with E-state index in [9.17, 15) is 4.79 Å². The van der Waals surface area contributed by atoms with Crippen molar-refractivity contribution in [2.45, 2.75) is 39.2 Å². The van der Waals surface area contributed by atoms with Crippen molar-refractivity contribution in [3.63, 3.8) is 0 Å². The van der Waals surface area contributed by atoms with Crippen molar-refractivity contribution >= 4 is 16.7 Å². The highest BCUT2D eigenvalue weighted by molar-refractivity contribution is 5.81. The second kappa shape index (κ2) is 6.35. The largest absolute Gasteiger partial charge is 0.356 e. The number of anilines is 1. The number of aromatic nitrogens is 4. The minimum atomic E-state index is -0.116. The fraction of sp³-hybridized carbons (Fsp3) is 0.421. The first-order valence-corrected chi connectivity index (χ1v) is 8.94. The van der Waals surface area contributed by atoms with Crippen LogP contribution in [0.1, 0.15) is 37.1 Å². The molecule has 0 amide bonds. The number of H-pyrrole nitrogens is 1. The van der Waals surface area contributed by atoms with Crippen LogP contribution in [0.5, 0.6) is 0 Å². The molecule has 1 aliphatic rings. The Kier molecular flexibility index (Phi) is 4.03. The number of pyridine rings is 1. The summed E-state index contributed by atoms with van der Waals surface area (Å²) in [6.07, 6.45) is 2.12. The number of para-hydroxylation sites is 1. The van der Waals surface area contributed by atoms with Gasteiger partial charge in [0.05, 0.1) is 5.52 Å². The molecular weight excluding hydrogens is 314 g/mol. The summed E-state index contributed by atoms with van der Waals surface area (Å²) in [4.78, 5) is 19.1. The van der Waals surface area contributed by atoms with Crippen molar-refractivity contribution in [1.29, 1.82) is 0 Å². The first kappa shape index (κ1) is 15.9. The molecule has 1 aliphatic heterocycles. The molecule has 3 aromatic rings. The predicted molar refractivity (Wildman–Crippen MR) is 99.2 cm³/mol. The van der Waals surface area contributed by atoms with Gasteiger partial charge in [0.25, 0.3) is 0 Å². The quantitative estimate of drug-likeness (QED) is 0.798. The lowest BCUT2D eigenvalue weighted by Gasteiger charge is -2.34. The molecule has 3 heterocycles. The molecule has 0 aliphatic carbocycles. The van der Waals surface area contributed by atoms with Crippen LogP contribution in [0.3, 0.4) is 0 Å². The average molecular weight is 337 g/mol. The van der Waals surface area contributed by atoms with E-state index in [-0.39, 0.29) is 11.6 Å². The van der Waals surface area contributed by atoms with Gasteiger partial charge in [0.15, 0.2) is 0 Å². The monoisotopic (exact) mass is 337 g/mol.